The molecule has 0 aliphatic carbocycles. The molecule has 3 aromatic rings. The molecule has 0 unspecified atom stereocenters. The standard InChI is InChI=1S/C20H21BFNO4/c22-17-7-3-1-5-14(17)10-12-20(24)23-19(21(25)26)11-9-15-13-27-18-8-4-2-6-16(15)18/h1-8,13,19,25-26H,9-12H2,(H,23,24)/t19-/m0/s1. The van der Waals surface area contributed by atoms with Crippen molar-refractivity contribution in [3.05, 3.63) is 71.7 Å². The topological polar surface area (TPSA) is 82.7 Å². The Labute approximate surface area is 157 Å². The molecule has 0 spiro atoms. The Morgan fingerprint density at radius 3 is 2.59 bits per heavy atom. The molecule has 0 aliphatic heterocycles. The minimum Gasteiger partial charge on any atom is -0.464 e. The highest BCUT2D eigenvalue weighted by Crippen LogP contribution is 2.22. The zero-order valence-electron chi connectivity index (χ0n) is 14.8. The number of carbonyl (C=O) groups excluding carboxylic acids is 1. The Hall–Kier alpha value is -2.64. The molecule has 0 fully saturated rings. The van der Waals surface area contributed by atoms with Crippen LogP contribution in [0.2, 0.25) is 0 Å². The smallest absolute Gasteiger partial charge is 0.464 e. The van der Waals surface area contributed by atoms with Crippen molar-refractivity contribution >= 4 is 24.0 Å². The van der Waals surface area contributed by atoms with Crippen molar-refractivity contribution in [1.82, 2.24) is 5.32 Å². The van der Waals surface area contributed by atoms with Gasteiger partial charge in [0, 0.05) is 11.8 Å². The normalized spacial score (nSPS) is 12.1. The van der Waals surface area contributed by atoms with E-state index in [0.717, 1.165) is 16.5 Å². The highest BCUT2D eigenvalue weighted by Gasteiger charge is 2.25. The van der Waals surface area contributed by atoms with Crippen LogP contribution in [0.25, 0.3) is 11.0 Å². The van der Waals surface area contributed by atoms with E-state index in [1.165, 1.54) is 6.07 Å². The van der Waals surface area contributed by atoms with Crippen LogP contribution in [0.5, 0.6) is 0 Å². The summed E-state index contributed by atoms with van der Waals surface area (Å²) in [5.74, 6) is -1.52. The molecule has 1 aromatic heterocycles. The molecule has 0 saturated heterocycles. The van der Waals surface area contributed by atoms with Gasteiger partial charge < -0.3 is 19.8 Å². The number of amides is 1. The number of halogens is 1. The number of hydrogen-bond acceptors (Lipinski definition) is 4. The SMILES string of the molecule is O=C(CCc1ccccc1F)N[C@@H](CCc1coc2ccccc12)B(O)O. The summed E-state index contributed by atoms with van der Waals surface area (Å²) in [6.45, 7) is 0. The summed E-state index contributed by atoms with van der Waals surface area (Å²) in [5.41, 5.74) is 2.16. The van der Waals surface area contributed by atoms with E-state index in [2.05, 4.69) is 5.32 Å². The third-order valence-electron chi connectivity index (χ3n) is 4.57. The molecule has 1 atom stereocenters. The van der Waals surface area contributed by atoms with Crippen molar-refractivity contribution in [3.63, 3.8) is 0 Å². The predicted molar refractivity (Wildman–Crippen MR) is 101 cm³/mol. The van der Waals surface area contributed by atoms with Gasteiger partial charge in [0.25, 0.3) is 0 Å². The minimum atomic E-state index is -1.68. The number of para-hydroxylation sites is 1. The van der Waals surface area contributed by atoms with E-state index in [9.17, 15) is 19.2 Å². The van der Waals surface area contributed by atoms with Crippen LogP contribution in [0.3, 0.4) is 0 Å². The number of hydrogen-bond donors (Lipinski definition) is 3. The van der Waals surface area contributed by atoms with E-state index in [1.807, 2.05) is 24.3 Å². The molecule has 27 heavy (non-hydrogen) atoms. The van der Waals surface area contributed by atoms with Gasteiger partial charge in [-0.15, -0.1) is 0 Å². The van der Waals surface area contributed by atoms with E-state index in [1.54, 1.807) is 24.5 Å². The largest absolute Gasteiger partial charge is 0.475 e. The Morgan fingerprint density at radius 1 is 1.07 bits per heavy atom. The van der Waals surface area contributed by atoms with Gasteiger partial charge >= 0.3 is 7.12 Å². The number of fused-ring (bicyclic) bond motifs is 1. The first kappa shape index (κ1) is 19.1. The summed E-state index contributed by atoms with van der Waals surface area (Å²) in [5, 5.41) is 22.8. The fraction of sp³-hybridized carbons (Fsp3) is 0.250. The first-order valence-electron chi connectivity index (χ1n) is 8.88. The van der Waals surface area contributed by atoms with E-state index in [4.69, 9.17) is 4.42 Å². The lowest BCUT2D eigenvalue weighted by Gasteiger charge is -2.17. The Kier molecular flexibility index (Phi) is 6.26. The van der Waals surface area contributed by atoms with Crippen LogP contribution in [0.4, 0.5) is 4.39 Å². The molecule has 1 heterocycles. The number of furan rings is 1. The van der Waals surface area contributed by atoms with Gasteiger partial charge in [0.15, 0.2) is 0 Å². The van der Waals surface area contributed by atoms with Crippen LogP contribution in [-0.2, 0) is 17.6 Å². The maximum atomic E-state index is 13.6. The number of benzene rings is 2. The van der Waals surface area contributed by atoms with Crippen LogP contribution in [0.1, 0.15) is 24.0 Å². The van der Waals surface area contributed by atoms with Crippen molar-refractivity contribution < 1.29 is 23.7 Å². The van der Waals surface area contributed by atoms with E-state index >= 15 is 0 Å². The maximum absolute atomic E-state index is 13.6. The molecule has 0 bridgehead atoms. The molecule has 0 saturated carbocycles. The molecule has 5 nitrogen and oxygen atoms in total. The van der Waals surface area contributed by atoms with Crippen molar-refractivity contribution in [2.45, 2.75) is 31.6 Å². The lowest BCUT2D eigenvalue weighted by molar-refractivity contribution is -0.121. The Bertz CT molecular complexity index is 912. The molecule has 3 N–H and O–H groups in total. The zero-order valence-corrected chi connectivity index (χ0v) is 14.8. The first-order valence-corrected chi connectivity index (χ1v) is 8.88. The van der Waals surface area contributed by atoms with Gasteiger partial charge in [0.2, 0.25) is 5.91 Å². The lowest BCUT2D eigenvalue weighted by Crippen LogP contribution is -2.46. The molecule has 140 valence electrons. The first-order chi connectivity index (χ1) is 13.0. The highest BCUT2D eigenvalue weighted by atomic mass is 19.1. The van der Waals surface area contributed by atoms with Gasteiger partial charge in [0.1, 0.15) is 11.4 Å². The fourth-order valence-corrected chi connectivity index (χ4v) is 3.06. The lowest BCUT2D eigenvalue weighted by atomic mass is 9.76. The molecular weight excluding hydrogens is 348 g/mol. The molecule has 0 aliphatic rings. The van der Waals surface area contributed by atoms with Gasteiger partial charge in [-0.05, 0) is 42.5 Å². The molecule has 3 rings (SSSR count). The summed E-state index contributed by atoms with van der Waals surface area (Å²) in [6, 6.07) is 13.9. The maximum Gasteiger partial charge on any atom is 0.475 e. The number of aryl methyl sites for hydroxylation is 2. The third kappa shape index (κ3) is 4.96. The minimum absolute atomic E-state index is 0.0682. The van der Waals surface area contributed by atoms with Gasteiger partial charge in [0.05, 0.1) is 12.2 Å². The molecule has 2 aromatic carbocycles. The van der Waals surface area contributed by atoms with Crippen molar-refractivity contribution in [1.29, 1.82) is 0 Å². The second-order valence-corrected chi connectivity index (χ2v) is 6.47. The summed E-state index contributed by atoms with van der Waals surface area (Å²) < 4.78 is 19.1. The van der Waals surface area contributed by atoms with Crippen LogP contribution in [0.15, 0.2) is 59.2 Å². The van der Waals surface area contributed by atoms with Crippen molar-refractivity contribution in [3.8, 4) is 0 Å². The average Bonchev–Trinajstić information content (AvgIpc) is 3.07. The zero-order chi connectivity index (χ0) is 19.2. The van der Waals surface area contributed by atoms with Gasteiger partial charge in [-0.25, -0.2) is 4.39 Å². The van der Waals surface area contributed by atoms with E-state index in [-0.39, 0.29) is 24.6 Å². The van der Waals surface area contributed by atoms with Crippen molar-refractivity contribution in [2.75, 3.05) is 0 Å². The fourth-order valence-electron chi connectivity index (χ4n) is 3.06. The Morgan fingerprint density at radius 2 is 1.81 bits per heavy atom. The van der Waals surface area contributed by atoms with Gasteiger partial charge in [-0.3, -0.25) is 4.79 Å². The number of rotatable bonds is 8. The molecular formula is C20H21BFNO4. The van der Waals surface area contributed by atoms with Gasteiger partial charge in [-0.2, -0.15) is 0 Å². The monoisotopic (exact) mass is 369 g/mol. The highest BCUT2D eigenvalue weighted by molar-refractivity contribution is 6.43. The molecule has 0 radical (unpaired) electrons. The van der Waals surface area contributed by atoms with Crippen LogP contribution in [0, 0.1) is 5.82 Å². The van der Waals surface area contributed by atoms with Gasteiger partial charge in [-0.1, -0.05) is 36.4 Å². The second kappa shape index (κ2) is 8.84. The summed E-state index contributed by atoms with van der Waals surface area (Å²) in [6.07, 6.45) is 2.82. The van der Waals surface area contributed by atoms with E-state index in [0.29, 0.717) is 18.4 Å². The summed E-state index contributed by atoms with van der Waals surface area (Å²) in [7, 11) is -1.68. The quantitative estimate of drug-likeness (QED) is 0.533. The van der Waals surface area contributed by atoms with Crippen LogP contribution >= 0.6 is 0 Å². The predicted octanol–water partition coefficient (Wildman–Crippen LogP) is 2.63. The van der Waals surface area contributed by atoms with E-state index < -0.39 is 13.1 Å². The van der Waals surface area contributed by atoms with Crippen molar-refractivity contribution in [2.24, 2.45) is 0 Å². The summed E-state index contributed by atoms with van der Waals surface area (Å²) in [4.78, 5) is 12.1. The summed E-state index contributed by atoms with van der Waals surface area (Å²) >= 11 is 0. The molecule has 7 heteroatoms. The molecule has 1 amide bonds. The number of nitrogens with one attached hydrogen (secondary N) is 1. The number of carbonyl (C=O) groups is 1. The van der Waals surface area contributed by atoms with Crippen LogP contribution in [-0.4, -0.2) is 29.0 Å². The Balaban J connectivity index is 1.55. The second-order valence-electron chi connectivity index (χ2n) is 6.47. The average molecular weight is 369 g/mol. The third-order valence-corrected chi connectivity index (χ3v) is 4.57. The van der Waals surface area contributed by atoms with Crippen LogP contribution < -0.4 is 5.32 Å².